The fourth-order valence-corrected chi connectivity index (χ4v) is 8.04. The summed E-state index contributed by atoms with van der Waals surface area (Å²) in [6, 6.07) is 77.3. The standard InChI is InChI=1S/C52H35N/c1-3-13-36(14-4-1)39-25-29-44(30-26-39)53(45-31-27-40(28-32-45)37-15-5-2-6-16-37)51-35-43-34-50(42-24-23-38-17-7-8-18-41(38)33-42)46-19-9-11-21-48(46)52(43)49-22-12-10-20-47(49)51/h1-35H. The molecule has 53 heavy (non-hydrogen) atoms. The Morgan fingerprint density at radius 1 is 0.264 bits per heavy atom. The molecule has 0 unspecified atom stereocenters. The molecule has 1 heteroatoms. The third kappa shape index (κ3) is 5.51. The predicted octanol–water partition coefficient (Wildman–Crippen LogP) is 14.8. The third-order valence-corrected chi connectivity index (χ3v) is 10.6. The first-order chi connectivity index (χ1) is 26.3. The first-order valence-corrected chi connectivity index (χ1v) is 18.3. The van der Waals surface area contributed by atoms with E-state index < -0.39 is 0 Å². The van der Waals surface area contributed by atoms with Crippen LogP contribution < -0.4 is 4.90 Å². The molecule has 248 valence electrons. The Balaban J connectivity index is 1.22. The summed E-state index contributed by atoms with van der Waals surface area (Å²) in [5.74, 6) is 0. The molecule has 0 N–H and O–H groups in total. The monoisotopic (exact) mass is 673 g/mol. The molecular formula is C52H35N. The van der Waals surface area contributed by atoms with Gasteiger partial charge in [-0.2, -0.15) is 0 Å². The molecule has 0 amide bonds. The van der Waals surface area contributed by atoms with Crippen molar-refractivity contribution in [2.75, 3.05) is 4.90 Å². The zero-order valence-corrected chi connectivity index (χ0v) is 29.2. The van der Waals surface area contributed by atoms with Crippen LogP contribution in [-0.2, 0) is 0 Å². The van der Waals surface area contributed by atoms with Crippen molar-refractivity contribution in [2.45, 2.75) is 0 Å². The van der Waals surface area contributed by atoms with Gasteiger partial charge in [-0.05, 0) is 114 Å². The Bertz CT molecular complexity index is 2830. The molecule has 0 aliphatic heterocycles. The zero-order valence-electron chi connectivity index (χ0n) is 29.2. The first kappa shape index (κ1) is 30.8. The highest BCUT2D eigenvalue weighted by Gasteiger charge is 2.20. The topological polar surface area (TPSA) is 3.24 Å². The number of fused-ring (bicyclic) bond motifs is 6. The van der Waals surface area contributed by atoms with Crippen LogP contribution >= 0.6 is 0 Å². The van der Waals surface area contributed by atoms with Crippen LogP contribution in [0.25, 0.3) is 76.5 Å². The number of benzene rings is 10. The van der Waals surface area contributed by atoms with Crippen LogP contribution in [-0.4, -0.2) is 0 Å². The number of hydrogen-bond acceptors (Lipinski definition) is 1. The lowest BCUT2D eigenvalue weighted by molar-refractivity contribution is 1.30. The molecule has 0 spiro atoms. The normalized spacial score (nSPS) is 11.4. The number of rotatable bonds is 6. The Labute approximate surface area is 309 Å². The summed E-state index contributed by atoms with van der Waals surface area (Å²) in [5, 5.41) is 9.98. The van der Waals surface area contributed by atoms with Gasteiger partial charge < -0.3 is 4.90 Å². The molecule has 0 saturated carbocycles. The maximum absolute atomic E-state index is 2.43. The van der Waals surface area contributed by atoms with E-state index >= 15 is 0 Å². The van der Waals surface area contributed by atoms with E-state index in [0.29, 0.717) is 0 Å². The quantitative estimate of drug-likeness (QED) is 0.159. The van der Waals surface area contributed by atoms with E-state index in [0.717, 1.165) is 17.1 Å². The Morgan fingerprint density at radius 2 is 0.717 bits per heavy atom. The van der Waals surface area contributed by atoms with Gasteiger partial charge in [0.25, 0.3) is 0 Å². The molecule has 0 aliphatic carbocycles. The summed E-state index contributed by atoms with van der Waals surface area (Å²) in [7, 11) is 0. The van der Waals surface area contributed by atoms with Crippen molar-refractivity contribution in [3.05, 3.63) is 212 Å². The predicted molar refractivity (Wildman–Crippen MR) is 227 cm³/mol. The molecule has 1 nitrogen and oxygen atoms in total. The van der Waals surface area contributed by atoms with Gasteiger partial charge in [-0.15, -0.1) is 0 Å². The highest BCUT2D eigenvalue weighted by molar-refractivity contribution is 6.26. The summed E-state index contributed by atoms with van der Waals surface area (Å²) < 4.78 is 0. The van der Waals surface area contributed by atoms with E-state index in [2.05, 4.69) is 217 Å². The van der Waals surface area contributed by atoms with E-state index in [4.69, 9.17) is 0 Å². The molecule has 10 rings (SSSR count). The first-order valence-electron chi connectivity index (χ1n) is 18.3. The molecule has 10 aromatic carbocycles. The van der Waals surface area contributed by atoms with Crippen LogP contribution in [0.15, 0.2) is 212 Å². The Morgan fingerprint density at radius 3 is 1.32 bits per heavy atom. The molecular weight excluding hydrogens is 639 g/mol. The van der Waals surface area contributed by atoms with Crippen molar-refractivity contribution in [3.63, 3.8) is 0 Å². The van der Waals surface area contributed by atoms with Gasteiger partial charge in [0, 0.05) is 16.8 Å². The SMILES string of the molecule is c1ccc(-c2ccc(N(c3ccc(-c4ccccc4)cc3)c3cc4cc(-c5ccc6ccccc6c5)c5ccccc5c4c4ccccc34)cc2)cc1. The van der Waals surface area contributed by atoms with Crippen molar-refractivity contribution >= 4 is 60.2 Å². The van der Waals surface area contributed by atoms with Crippen LogP contribution in [0.4, 0.5) is 17.1 Å². The van der Waals surface area contributed by atoms with Gasteiger partial charge in [-0.1, -0.05) is 170 Å². The van der Waals surface area contributed by atoms with Gasteiger partial charge in [-0.3, -0.25) is 0 Å². The van der Waals surface area contributed by atoms with Crippen LogP contribution in [0.3, 0.4) is 0 Å². The Kier molecular flexibility index (Phi) is 7.55. The van der Waals surface area contributed by atoms with Gasteiger partial charge in [0.1, 0.15) is 0 Å². The van der Waals surface area contributed by atoms with E-state index in [1.807, 2.05) is 0 Å². The summed E-state index contributed by atoms with van der Waals surface area (Å²) in [6.45, 7) is 0. The number of nitrogens with zero attached hydrogens (tertiary/aromatic N) is 1. The van der Waals surface area contributed by atoms with Crippen molar-refractivity contribution in [3.8, 4) is 33.4 Å². The molecule has 0 radical (unpaired) electrons. The average molecular weight is 674 g/mol. The molecule has 0 saturated heterocycles. The summed E-state index contributed by atoms with van der Waals surface area (Å²) in [6.07, 6.45) is 0. The second kappa shape index (κ2) is 13.0. The fraction of sp³-hybridized carbons (Fsp3) is 0. The van der Waals surface area contributed by atoms with Crippen molar-refractivity contribution in [2.24, 2.45) is 0 Å². The van der Waals surface area contributed by atoms with E-state index in [9.17, 15) is 0 Å². The van der Waals surface area contributed by atoms with Gasteiger partial charge in [0.15, 0.2) is 0 Å². The van der Waals surface area contributed by atoms with Gasteiger partial charge in [-0.25, -0.2) is 0 Å². The second-order valence-electron chi connectivity index (χ2n) is 13.7. The molecule has 0 aromatic heterocycles. The fourth-order valence-electron chi connectivity index (χ4n) is 8.04. The summed E-state index contributed by atoms with van der Waals surface area (Å²) in [5.41, 5.74) is 10.6. The van der Waals surface area contributed by atoms with Crippen LogP contribution in [0.1, 0.15) is 0 Å². The van der Waals surface area contributed by atoms with Crippen molar-refractivity contribution < 1.29 is 0 Å². The maximum Gasteiger partial charge on any atom is 0.0546 e. The van der Waals surface area contributed by atoms with Crippen LogP contribution in [0.5, 0.6) is 0 Å². The van der Waals surface area contributed by atoms with Crippen molar-refractivity contribution in [1.29, 1.82) is 0 Å². The maximum atomic E-state index is 2.43. The molecule has 10 aromatic rings. The van der Waals surface area contributed by atoms with Gasteiger partial charge >= 0.3 is 0 Å². The molecule has 0 bridgehead atoms. The summed E-state index contributed by atoms with van der Waals surface area (Å²) >= 11 is 0. The zero-order chi connectivity index (χ0) is 35.1. The minimum Gasteiger partial charge on any atom is -0.310 e. The van der Waals surface area contributed by atoms with Crippen molar-refractivity contribution in [1.82, 2.24) is 0 Å². The van der Waals surface area contributed by atoms with E-state index in [1.54, 1.807) is 0 Å². The van der Waals surface area contributed by atoms with E-state index in [-0.39, 0.29) is 0 Å². The molecule has 0 atom stereocenters. The molecule has 0 aliphatic rings. The second-order valence-corrected chi connectivity index (χ2v) is 13.7. The lowest BCUT2D eigenvalue weighted by Gasteiger charge is -2.28. The van der Waals surface area contributed by atoms with Gasteiger partial charge in [0.2, 0.25) is 0 Å². The average Bonchev–Trinajstić information content (AvgIpc) is 3.24. The largest absolute Gasteiger partial charge is 0.310 e. The van der Waals surface area contributed by atoms with Crippen LogP contribution in [0.2, 0.25) is 0 Å². The van der Waals surface area contributed by atoms with E-state index in [1.165, 1.54) is 76.5 Å². The number of hydrogen-bond donors (Lipinski definition) is 0. The van der Waals surface area contributed by atoms with Gasteiger partial charge in [0.05, 0.1) is 5.69 Å². The summed E-state index contributed by atoms with van der Waals surface area (Å²) in [4.78, 5) is 2.43. The minimum atomic E-state index is 1.11. The smallest absolute Gasteiger partial charge is 0.0546 e. The third-order valence-electron chi connectivity index (χ3n) is 10.6. The number of anilines is 3. The highest BCUT2D eigenvalue weighted by atomic mass is 15.1. The van der Waals surface area contributed by atoms with Crippen LogP contribution in [0, 0.1) is 0 Å². The highest BCUT2D eigenvalue weighted by Crippen LogP contribution is 2.46. The lowest BCUT2D eigenvalue weighted by Crippen LogP contribution is -2.10. The molecule has 0 fully saturated rings. The molecule has 0 heterocycles. The minimum absolute atomic E-state index is 1.11. The lowest BCUT2D eigenvalue weighted by atomic mass is 9.89. The Hall–Kier alpha value is -6.96.